The van der Waals surface area contributed by atoms with Crippen LogP contribution in [0.15, 0.2) is 53.6 Å². The molecule has 0 heterocycles. The van der Waals surface area contributed by atoms with Crippen LogP contribution in [0.5, 0.6) is 11.5 Å². The first-order chi connectivity index (χ1) is 12.6. The molecule has 2 rings (SSSR count). The lowest BCUT2D eigenvalue weighted by Crippen LogP contribution is -2.45. The first-order valence-corrected chi connectivity index (χ1v) is 7.43. The summed E-state index contributed by atoms with van der Waals surface area (Å²) < 4.78 is 85.0. The molecule has 0 bridgehead atoms. The molecular weight excluding hydrogens is 378 g/mol. The van der Waals surface area contributed by atoms with Crippen LogP contribution >= 0.6 is 0 Å². The van der Waals surface area contributed by atoms with Crippen molar-refractivity contribution in [1.82, 2.24) is 0 Å². The zero-order valence-electron chi connectivity index (χ0n) is 13.8. The predicted octanol–water partition coefficient (Wildman–Crippen LogP) is 5.01. The number of methoxy groups -OCH3 is 1. The number of rotatable bonds is 7. The van der Waals surface area contributed by atoms with Gasteiger partial charge in [-0.3, -0.25) is 5.43 Å². The van der Waals surface area contributed by atoms with Gasteiger partial charge in [-0.1, -0.05) is 18.2 Å². The van der Waals surface area contributed by atoms with Crippen LogP contribution in [0.1, 0.15) is 5.56 Å². The molecule has 0 fully saturated rings. The van der Waals surface area contributed by atoms with Gasteiger partial charge >= 0.3 is 12.3 Å². The van der Waals surface area contributed by atoms with Crippen molar-refractivity contribution in [2.45, 2.75) is 18.5 Å². The van der Waals surface area contributed by atoms with E-state index in [9.17, 15) is 26.3 Å². The van der Waals surface area contributed by atoms with Gasteiger partial charge in [-0.2, -0.15) is 27.1 Å². The van der Waals surface area contributed by atoms with Crippen LogP contribution in [-0.2, 0) is 0 Å². The van der Waals surface area contributed by atoms with Crippen LogP contribution in [-0.4, -0.2) is 31.8 Å². The number of anilines is 1. The van der Waals surface area contributed by atoms with Crippen LogP contribution < -0.4 is 14.9 Å². The molecule has 0 radical (unpaired) electrons. The maximum Gasteiger partial charge on any atom is 0.439 e. The average Bonchev–Trinajstić information content (AvgIpc) is 2.62. The highest BCUT2D eigenvalue weighted by atomic mass is 19.4. The van der Waals surface area contributed by atoms with E-state index in [-0.39, 0.29) is 5.75 Å². The van der Waals surface area contributed by atoms with Gasteiger partial charge in [0.1, 0.15) is 0 Å². The Balaban J connectivity index is 2.13. The molecule has 27 heavy (non-hydrogen) atoms. The largest absolute Gasteiger partial charge is 0.493 e. The lowest BCUT2D eigenvalue weighted by molar-refractivity contribution is -0.305. The lowest BCUT2D eigenvalue weighted by Gasteiger charge is -2.24. The molecule has 4 nitrogen and oxygen atoms in total. The van der Waals surface area contributed by atoms with Crippen LogP contribution in [0.3, 0.4) is 0 Å². The van der Waals surface area contributed by atoms with Crippen LogP contribution in [0, 0.1) is 0 Å². The molecule has 0 saturated heterocycles. The van der Waals surface area contributed by atoms with Gasteiger partial charge in [0.15, 0.2) is 11.5 Å². The maximum atomic E-state index is 13.4. The minimum atomic E-state index is -5.77. The van der Waals surface area contributed by atoms with E-state index >= 15 is 0 Å². The molecule has 2 aromatic carbocycles. The Kier molecular flexibility index (Phi) is 6.19. The normalized spacial score (nSPS) is 13.4. The van der Waals surface area contributed by atoms with Crippen LogP contribution in [0.4, 0.5) is 32.0 Å². The average molecular weight is 392 g/mol. The number of hydrazone groups is 1. The van der Waals surface area contributed by atoms with E-state index in [1.165, 1.54) is 18.3 Å². The van der Waals surface area contributed by atoms with Crippen molar-refractivity contribution in [2.24, 2.45) is 5.10 Å². The molecule has 2 aromatic rings. The van der Waals surface area contributed by atoms with Gasteiger partial charge in [0.05, 0.1) is 19.0 Å². The topological polar surface area (TPSA) is 42.8 Å². The highest BCUT2D eigenvalue weighted by Crippen LogP contribution is 2.39. The van der Waals surface area contributed by atoms with Crippen LogP contribution in [0.25, 0.3) is 0 Å². The smallest absolute Gasteiger partial charge is 0.439 e. The Labute approximate surface area is 150 Å². The summed E-state index contributed by atoms with van der Waals surface area (Å²) in [6.45, 7) is 0. The number of hydrogen-bond acceptors (Lipinski definition) is 4. The standard InChI is InChI=1S/C17H14F6N2O2/c1-26-14-9-11(10-24-25-12-5-3-2-4-6-12)7-8-13(14)27-17(22,23)15(18)16(19,20)21/h2-10,15,25H,1H3. The molecule has 10 heteroatoms. The number of benzene rings is 2. The van der Waals surface area contributed by atoms with E-state index in [0.717, 1.165) is 13.2 Å². The number of nitrogens with one attached hydrogen (secondary N) is 1. The minimum absolute atomic E-state index is 0.312. The number of ether oxygens (including phenoxy) is 2. The molecule has 0 spiro atoms. The summed E-state index contributed by atoms with van der Waals surface area (Å²) in [6.07, 6.45) is -14.0. The molecule has 1 N–H and O–H groups in total. The fourth-order valence-corrected chi connectivity index (χ4v) is 1.93. The Morgan fingerprint density at radius 1 is 1.00 bits per heavy atom. The van der Waals surface area contributed by atoms with E-state index in [0.29, 0.717) is 11.3 Å². The highest BCUT2D eigenvalue weighted by Gasteiger charge is 2.59. The van der Waals surface area contributed by atoms with Crippen molar-refractivity contribution >= 4 is 11.9 Å². The Morgan fingerprint density at radius 3 is 2.26 bits per heavy atom. The third-order valence-corrected chi connectivity index (χ3v) is 3.20. The zero-order chi connectivity index (χ0) is 20.1. The summed E-state index contributed by atoms with van der Waals surface area (Å²) in [4.78, 5) is 0. The number of nitrogens with zero attached hydrogens (tertiary/aromatic N) is 1. The Hall–Kier alpha value is -2.91. The minimum Gasteiger partial charge on any atom is -0.493 e. The van der Waals surface area contributed by atoms with Gasteiger partial charge in [-0.05, 0) is 35.9 Å². The van der Waals surface area contributed by atoms with E-state index in [1.54, 1.807) is 24.3 Å². The van der Waals surface area contributed by atoms with Crippen molar-refractivity contribution < 1.29 is 35.8 Å². The summed E-state index contributed by atoms with van der Waals surface area (Å²) in [6, 6.07) is 12.3. The molecule has 146 valence electrons. The van der Waals surface area contributed by atoms with E-state index in [2.05, 4.69) is 15.3 Å². The second-order valence-corrected chi connectivity index (χ2v) is 5.21. The Morgan fingerprint density at radius 2 is 1.67 bits per heavy atom. The summed E-state index contributed by atoms with van der Waals surface area (Å²) in [5.41, 5.74) is 3.79. The molecule has 0 aliphatic rings. The fourth-order valence-electron chi connectivity index (χ4n) is 1.93. The SMILES string of the molecule is COc1cc(C=NNc2ccccc2)ccc1OC(F)(F)C(F)C(F)(F)F. The van der Waals surface area contributed by atoms with Gasteiger partial charge in [-0.15, -0.1) is 0 Å². The highest BCUT2D eigenvalue weighted by molar-refractivity contribution is 5.81. The van der Waals surface area contributed by atoms with Gasteiger partial charge < -0.3 is 9.47 Å². The van der Waals surface area contributed by atoms with Crippen molar-refractivity contribution in [1.29, 1.82) is 0 Å². The monoisotopic (exact) mass is 392 g/mol. The molecule has 1 unspecified atom stereocenters. The number of hydrogen-bond donors (Lipinski definition) is 1. The summed E-state index contributed by atoms with van der Waals surface area (Å²) >= 11 is 0. The van der Waals surface area contributed by atoms with Crippen molar-refractivity contribution in [3.05, 3.63) is 54.1 Å². The first kappa shape index (κ1) is 20.4. The second kappa shape index (κ2) is 8.19. The number of para-hydroxylation sites is 1. The van der Waals surface area contributed by atoms with Gasteiger partial charge in [0, 0.05) is 0 Å². The second-order valence-electron chi connectivity index (χ2n) is 5.21. The maximum absolute atomic E-state index is 13.4. The summed E-state index contributed by atoms with van der Waals surface area (Å²) in [5, 5.41) is 3.92. The van der Waals surface area contributed by atoms with Crippen molar-refractivity contribution in [3.8, 4) is 11.5 Å². The summed E-state index contributed by atoms with van der Waals surface area (Å²) in [7, 11) is 1.10. The van der Waals surface area contributed by atoms with E-state index in [1.807, 2.05) is 6.07 Å². The van der Waals surface area contributed by atoms with Crippen molar-refractivity contribution in [3.63, 3.8) is 0 Å². The lowest BCUT2D eigenvalue weighted by atomic mass is 10.2. The molecule has 0 aliphatic heterocycles. The molecule has 0 aliphatic carbocycles. The summed E-state index contributed by atoms with van der Waals surface area (Å²) in [5.74, 6) is -1.06. The van der Waals surface area contributed by atoms with Gasteiger partial charge in [0.25, 0.3) is 6.17 Å². The first-order valence-electron chi connectivity index (χ1n) is 7.43. The molecule has 0 aromatic heterocycles. The molecular formula is C17H14F6N2O2. The van der Waals surface area contributed by atoms with Gasteiger partial charge in [0.2, 0.25) is 0 Å². The third kappa shape index (κ3) is 5.53. The van der Waals surface area contributed by atoms with Gasteiger partial charge in [-0.25, -0.2) is 4.39 Å². The molecule has 0 saturated carbocycles. The molecule has 0 amide bonds. The number of halogens is 6. The van der Waals surface area contributed by atoms with E-state index < -0.39 is 24.2 Å². The van der Waals surface area contributed by atoms with Crippen molar-refractivity contribution in [2.75, 3.05) is 12.5 Å². The van der Waals surface area contributed by atoms with Crippen LogP contribution in [0.2, 0.25) is 0 Å². The molecule has 1 atom stereocenters. The third-order valence-electron chi connectivity index (χ3n) is 3.20. The zero-order valence-corrected chi connectivity index (χ0v) is 13.8. The van der Waals surface area contributed by atoms with E-state index in [4.69, 9.17) is 4.74 Å². The predicted molar refractivity (Wildman–Crippen MR) is 87.2 cm³/mol. The number of alkyl halides is 6. The quantitative estimate of drug-likeness (QED) is 0.409. The Bertz CT molecular complexity index is 781. The fraction of sp³-hybridized carbons (Fsp3) is 0.235.